The fraction of sp³-hybridized carbons (Fsp3) is 0.700. The summed E-state index contributed by atoms with van der Waals surface area (Å²) < 4.78 is 0. The Morgan fingerprint density at radius 2 is 2.10 bits per heavy atom. The van der Waals surface area contributed by atoms with Crippen LogP contribution < -0.4 is 0 Å². The highest BCUT2D eigenvalue weighted by Gasteiger charge is 2.49. The van der Waals surface area contributed by atoms with Gasteiger partial charge in [0.15, 0.2) is 0 Å². The lowest BCUT2D eigenvalue weighted by Gasteiger charge is -2.32. The summed E-state index contributed by atoms with van der Waals surface area (Å²) in [4.78, 5) is 0. The molecule has 0 aromatic rings. The fourth-order valence-electron chi connectivity index (χ4n) is 2.11. The Balaban J connectivity index is 2.55. The normalized spacial score (nSPS) is 40.5. The Morgan fingerprint density at radius 3 is 2.20 bits per heavy atom. The molecule has 0 heterocycles. The molecule has 0 N–H and O–H groups in total. The molecule has 0 heteroatoms. The zero-order valence-corrected chi connectivity index (χ0v) is 6.99. The molecule has 10 heavy (non-hydrogen) atoms. The molecule has 0 spiro atoms. The van der Waals surface area contributed by atoms with Gasteiger partial charge in [-0.3, -0.25) is 0 Å². The molecule has 1 atom stereocenters. The third-order valence-corrected chi connectivity index (χ3v) is 3.64. The van der Waals surface area contributed by atoms with Crippen molar-refractivity contribution >= 4 is 0 Å². The summed E-state index contributed by atoms with van der Waals surface area (Å²) in [5.74, 6) is 0. The molecule has 0 saturated heterocycles. The molecule has 1 unspecified atom stereocenters. The van der Waals surface area contributed by atoms with Crippen LogP contribution in [0.15, 0.2) is 17.4 Å². The first-order valence-electron chi connectivity index (χ1n) is 4.03. The molecule has 1 saturated carbocycles. The molecule has 0 aliphatic heterocycles. The Hall–Kier alpha value is -0.480. The van der Waals surface area contributed by atoms with Gasteiger partial charge in [-0.25, -0.2) is 0 Å². The average Bonchev–Trinajstić information content (AvgIpc) is 2.18. The van der Waals surface area contributed by atoms with E-state index in [0.717, 1.165) is 0 Å². The Bertz CT molecular complexity index is 236. The molecule has 0 aromatic heterocycles. The number of fused-ring (bicyclic) bond motifs is 2. The van der Waals surface area contributed by atoms with E-state index in [1.165, 1.54) is 18.4 Å². The molecular formula is C10H14. The maximum atomic E-state index is 3.38. The van der Waals surface area contributed by atoms with Crippen molar-refractivity contribution in [2.24, 2.45) is 10.8 Å². The summed E-state index contributed by atoms with van der Waals surface area (Å²) in [6.07, 6.45) is 4.88. The van der Waals surface area contributed by atoms with Crippen LogP contribution in [-0.2, 0) is 0 Å². The molecule has 0 nitrogen and oxygen atoms in total. The SMILES string of the molecule is CC12C=C=C(CC1)C2(C)C. The first-order valence-corrected chi connectivity index (χ1v) is 4.03. The van der Waals surface area contributed by atoms with Crippen LogP contribution in [0.4, 0.5) is 0 Å². The van der Waals surface area contributed by atoms with E-state index in [4.69, 9.17) is 0 Å². The number of rotatable bonds is 0. The van der Waals surface area contributed by atoms with E-state index >= 15 is 0 Å². The Morgan fingerprint density at radius 1 is 1.40 bits per heavy atom. The summed E-state index contributed by atoms with van der Waals surface area (Å²) >= 11 is 0. The van der Waals surface area contributed by atoms with E-state index in [2.05, 4.69) is 32.6 Å². The number of allylic oxidation sites excluding steroid dienone is 1. The summed E-state index contributed by atoms with van der Waals surface area (Å²) in [5.41, 5.74) is 5.76. The highest BCUT2D eigenvalue weighted by Crippen LogP contribution is 2.59. The predicted octanol–water partition coefficient (Wildman–Crippen LogP) is 2.91. The van der Waals surface area contributed by atoms with Crippen LogP contribution in [-0.4, -0.2) is 0 Å². The summed E-state index contributed by atoms with van der Waals surface area (Å²) in [5, 5.41) is 0. The molecule has 0 amide bonds. The van der Waals surface area contributed by atoms with Crippen molar-refractivity contribution in [1.82, 2.24) is 0 Å². The highest BCUT2D eigenvalue weighted by molar-refractivity contribution is 5.32. The lowest BCUT2D eigenvalue weighted by Crippen LogP contribution is -2.25. The Kier molecular flexibility index (Phi) is 0.877. The third-order valence-electron chi connectivity index (χ3n) is 3.64. The predicted molar refractivity (Wildman–Crippen MR) is 42.7 cm³/mol. The van der Waals surface area contributed by atoms with Crippen LogP contribution in [0.25, 0.3) is 0 Å². The summed E-state index contributed by atoms with van der Waals surface area (Å²) in [6, 6.07) is 0. The molecular weight excluding hydrogens is 120 g/mol. The van der Waals surface area contributed by atoms with E-state index < -0.39 is 0 Å². The number of hydrogen-bond donors (Lipinski definition) is 0. The smallest absolute Gasteiger partial charge is 0.00269 e. The van der Waals surface area contributed by atoms with E-state index in [9.17, 15) is 0 Å². The average molecular weight is 134 g/mol. The van der Waals surface area contributed by atoms with E-state index in [-0.39, 0.29) is 0 Å². The molecule has 2 bridgehead atoms. The maximum Gasteiger partial charge on any atom is 0.00269 e. The van der Waals surface area contributed by atoms with Gasteiger partial charge in [-0.2, -0.15) is 0 Å². The minimum atomic E-state index is 0.410. The van der Waals surface area contributed by atoms with Gasteiger partial charge in [0.2, 0.25) is 0 Å². The first kappa shape index (κ1) is 6.24. The van der Waals surface area contributed by atoms with E-state index in [1.54, 1.807) is 0 Å². The molecule has 0 radical (unpaired) electrons. The van der Waals surface area contributed by atoms with Crippen LogP contribution in [0.5, 0.6) is 0 Å². The van der Waals surface area contributed by atoms with Gasteiger partial charge in [0.25, 0.3) is 0 Å². The molecule has 1 fully saturated rings. The Labute approximate surface area is 62.6 Å². The monoisotopic (exact) mass is 134 g/mol. The van der Waals surface area contributed by atoms with Crippen molar-refractivity contribution in [1.29, 1.82) is 0 Å². The van der Waals surface area contributed by atoms with Crippen molar-refractivity contribution < 1.29 is 0 Å². The number of hydrogen-bond acceptors (Lipinski definition) is 0. The highest BCUT2D eigenvalue weighted by atomic mass is 14.5. The zero-order valence-electron chi connectivity index (χ0n) is 6.99. The van der Waals surface area contributed by atoms with Gasteiger partial charge in [0.1, 0.15) is 0 Å². The van der Waals surface area contributed by atoms with Gasteiger partial charge in [-0.15, -0.1) is 5.73 Å². The lowest BCUT2D eigenvalue weighted by atomic mass is 9.71. The second kappa shape index (κ2) is 1.40. The second-order valence-corrected chi connectivity index (χ2v) is 4.31. The first-order chi connectivity index (χ1) is 4.56. The van der Waals surface area contributed by atoms with Crippen molar-refractivity contribution in [3.63, 3.8) is 0 Å². The standard InChI is InChI=1S/C10H14/c1-9(2)8-4-6-10(9,3)7-5-8/h7H,4,6H2,1-3H3. The van der Waals surface area contributed by atoms with Gasteiger partial charge in [0.05, 0.1) is 0 Å². The van der Waals surface area contributed by atoms with Crippen LogP contribution in [0.2, 0.25) is 0 Å². The third kappa shape index (κ3) is 0.455. The van der Waals surface area contributed by atoms with Crippen LogP contribution in [0.3, 0.4) is 0 Å². The molecule has 0 aromatic carbocycles. The van der Waals surface area contributed by atoms with Crippen molar-refractivity contribution in [2.45, 2.75) is 33.6 Å². The van der Waals surface area contributed by atoms with Crippen LogP contribution >= 0.6 is 0 Å². The van der Waals surface area contributed by atoms with Gasteiger partial charge in [-0.1, -0.05) is 20.8 Å². The quantitative estimate of drug-likeness (QED) is 0.447. The van der Waals surface area contributed by atoms with Crippen molar-refractivity contribution in [3.05, 3.63) is 17.4 Å². The van der Waals surface area contributed by atoms with Crippen molar-refractivity contribution in [2.75, 3.05) is 0 Å². The largest absolute Gasteiger partial charge is 0.125 e. The summed E-state index contributed by atoms with van der Waals surface area (Å²) in [7, 11) is 0. The summed E-state index contributed by atoms with van der Waals surface area (Å²) in [6.45, 7) is 7.03. The van der Waals surface area contributed by atoms with E-state index in [1.807, 2.05) is 0 Å². The molecule has 2 rings (SSSR count). The maximum absolute atomic E-state index is 3.38. The van der Waals surface area contributed by atoms with Gasteiger partial charge in [-0.05, 0) is 24.5 Å². The molecule has 2 aliphatic carbocycles. The minimum absolute atomic E-state index is 0.410. The second-order valence-electron chi connectivity index (χ2n) is 4.31. The van der Waals surface area contributed by atoms with Crippen LogP contribution in [0, 0.1) is 10.8 Å². The van der Waals surface area contributed by atoms with Crippen LogP contribution in [0.1, 0.15) is 33.6 Å². The molecule has 54 valence electrons. The lowest BCUT2D eigenvalue weighted by molar-refractivity contribution is 0.239. The van der Waals surface area contributed by atoms with Crippen molar-refractivity contribution in [3.8, 4) is 0 Å². The van der Waals surface area contributed by atoms with E-state index in [0.29, 0.717) is 10.8 Å². The fourth-order valence-corrected chi connectivity index (χ4v) is 2.11. The van der Waals surface area contributed by atoms with Gasteiger partial charge < -0.3 is 0 Å². The van der Waals surface area contributed by atoms with Gasteiger partial charge in [0, 0.05) is 10.8 Å². The minimum Gasteiger partial charge on any atom is -0.125 e. The zero-order chi connectivity index (χ0) is 7.41. The molecule has 2 aliphatic rings. The van der Waals surface area contributed by atoms with Gasteiger partial charge >= 0.3 is 0 Å². The topological polar surface area (TPSA) is 0 Å².